The van der Waals surface area contributed by atoms with Crippen LogP contribution in [0, 0.1) is 0 Å². The number of fused-ring (bicyclic) bond motifs is 6. The van der Waals surface area contributed by atoms with Crippen LogP contribution in [0.1, 0.15) is 0 Å². The maximum Gasteiger partial charge on any atom is 0.103 e. The van der Waals surface area contributed by atoms with E-state index in [1.807, 2.05) is 0 Å². The lowest BCUT2D eigenvalue weighted by Crippen LogP contribution is -2.38. The lowest BCUT2D eigenvalue weighted by atomic mass is 9.99. The van der Waals surface area contributed by atoms with Gasteiger partial charge in [-0.2, -0.15) is 0 Å². The average molecular weight is 645 g/mol. The Bertz CT molecular complexity index is 2450. The summed E-state index contributed by atoms with van der Waals surface area (Å²) in [5.74, 6) is 0. The zero-order valence-corrected chi connectivity index (χ0v) is 28.8. The molecular formula is C46H36N2Si. The van der Waals surface area contributed by atoms with Gasteiger partial charge in [-0.15, -0.1) is 6.58 Å². The maximum atomic E-state index is 4.09. The van der Waals surface area contributed by atoms with Gasteiger partial charge in [0.15, 0.2) is 0 Å². The smallest absolute Gasteiger partial charge is 0.103 e. The SMILES string of the molecule is C=C[Si](C)(C)c1ccc(-c2ccc(-c3cc(-n4c5ccccc5c5ccccc54)cc(-n4c5ccccc5c5ccccc54)c3)cc2)cc1. The highest BCUT2D eigenvalue weighted by atomic mass is 28.3. The first-order valence-electron chi connectivity index (χ1n) is 17.0. The van der Waals surface area contributed by atoms with Gasteiger partial charge in [-0.05, 0) is 64.7 Å². The van der Waals surface area contributed by atoms with Gasteiger partial charge in [-0.3, -0.25) is 0 Å². The standard InChI is InChI=1S/C46H36N2Si/c1-4-49(2,3)38-27-25-33(26-28-38)32-21-23-34(24-22-32)35-29-36(47-43-17-9-5-13-39(43)40-14-6-10-18-44(40)47)31-37(30-35)48-45-19-11-7-15-41(45)42-16-8-12-20-46(42)48/h4-31H,1H2,2-3H3. The minimum Gasteiger partial charge on any atom is -0.309 e. The molecule has 0 saturated carbocycles. The van der Waals surface area contributed by atoms with E-state index in [0.29, 0.717) is 0 Å². The Kier molecular flexibility index (Phi) is 6.78. The van der Waals surface area contributed by atoms with Gasteiger partial charge in [0.25, 0.3) is 0 Å². The lowest BCUT2D eigenvalue weighted by molar-refractivity contribution is 1.13. The summed E-state index contributed by atoms with van der Waals surface area (Å²) >= 11 is 0. The van der Waals surface area contributed by atoms with Crippen LogP contribution in [0.5, 0.6) is 0 Å². The molecule has 9 aromatic rings. The topological polar surface area (TPSA) is 9.86 Å². The predicted octanol–water partition coefficient (Wildman–Crippen LogP) is 11.9. The van der Waals surface area contributed by atoms with Crippen LogP contribution in [0.4, 0.5) is 0 Å². The molecule has 234 valence electrons. The van der Waals surface area contributed by atoms with Crippen LogP contribution in [0.2, 0.25) is 13.1 Å². The van der Waals surface area contributed by atoms with Crippen LogP contribution < -0.4 is 5.19 Å². The van der Waals surface area contributed by atoms with Crippen molar-refractivity contribution in [3.63, 3.8) is 0 Å². The highest BCUT2D eigenvalue weighted by Gasteiger charge is 2.19. The average Bonchev–Trinajstić information content (AvgIpc) is 3.68. The molecule has 0 bridgehead atoms. The van der Waals surface area contributed by atoms with Gasteiger partial charge >= 0.3 is 0 Å². The third-order valence-electron chi connectivity index (χ3n) is 10.3. The van der Waals surface area contributed by atoms with Gasteiger partial charge < -0.3 is 9.13 Å². The summed E-state index contributed by atoms with van der Waals surface area (Å²) in [4.78, 5) is 0. The van der Waals surface area contributed by atoms with E-state index in [9.17, 15) is 0 Å². The van der Waals surface area contributed by atoms with Crippen LogP contribution in [-0.4, -0.2) is 17.2 Å². The van der Waals surface area contributed by atoms with Crippen LogP contribution in [0.3, 0.4) is 0 Å². The first-order valence-corrected chi connectivity index (χ1v) is 20.1. The number of hydrogen-bond acceptors (Lipinski definition) is 0. The van der Waals surface area contributed by atoms with E-state index in [2.05, 4.69) is 198 Å². The largest absolute Gasteiger partial charge is 0.309 e. The van der Waals surface area contributed by atoms with Gasteiger partial charge in [0, 0.05) is 32.9 Å². The first kappa shape index (κ1) is 29.3. The first-order chi connectivity index (χ1) is 24.0. The zero-order chi connectivity index (χ0) is 33.1. The van der Waals surface area contributed by atoms with Gasteiger partial charge in [-0.1, -0.05) is 145 Å². The molecule has 9 rings (SSSR count). The quantitative estimate of drug-likeness (QED) is 0.159. The van der Waals surface area contributed by atoms with E-state index in [0.717, 1.165) is 11.4 Å². The number of aromatic nitrogens is 2. The Hall–Kier alpha value is -5.90. The Morgan fingerprint density at radius 2 is 0.735 bits per heavy atom. The molecule has 2 aromatic heterocycles. The molecule has 0 spiro atoms. The highest BCUT2D eigenvalue weighted by Crippen LogP contribution is 2.38. The predicted molar refractivity (Wildman–Crippen MR) is 213 cm³/mol. The molecule has 7 aromatic carbocycles. The van der Waals surface area contributed by atoms with E-state index >= 15 is 0 Å². The van der Waals surface area contributed by atoms with Crippen molar-refractivity contribution >= 4 is 56.9 Å². The van der Waals surface area contributed by atoms with Crippen molar-refractivity contribution in [1.29, 1.82) is 0 Å². The maximum absolute atomic E-state index is 4.09. The third-order valence-corrected chi connectivity index (χ3v) is 13.1. The summed E-state index contributed by atoms with van der Waals surface area (Å²) < 4.78 is 4.85. The van der Waals surface area contributed by atoms with Crippen LogP contribution in [0.25, 0.3) is 77.2 Å². The number of nitrogens with zero attached hydrogens (tertiary/aromatic N) is 2. The van der Waals surface area contributed by atoms with E-state index in [1.54, 1.807) is 0 Å². The second kappa shape index (κ2) is 11.4. The fraction of sp³-hybridized carbons (Fsp3) is 0.0435. The molecule has 2 nitrogen and oxygen atoms in total. The molecule has 0 aliphatic carbocycles. The van der Waals surface area contributed by atoms with Gasteiger partial charge in [0.05, 0.1) is 22.1 Å². The third kappa shape index (κ3) is 4.77. The van der Waals surface area contributed by atoms with Crippen LogP contribution in [0.15, 0.2) is 176 Å². The van der Waals surface area contributed by atoms with E-state index in [1.165, 1.54) is 71.1 Å². The molecule has 0 amide bonds. The number of benzene rings is 7. The van der Waals surface area contributed by atoms with Crippen LogP contribution in [-0.2, 0) is 0 Å². The molecule has 0 N–H and O–H groups in total. The minimum atomic E-state index is -1.60. The van der Waals surface area contributed by atoms with Gasteiger partial charge in [-0.25, -0.2) is 0 Å². The fourth-order valence-electron chi connectivity index (χ4n) is 7.49. The molecule has 49 heavy (non-hydrogen) atoms. The van der Waals surface area contributed by atoms with E-state index < -0.39 is 8.07 Å². The van der Waals surface area contributed by atoms with Crippen molar-refractivity contribution in [3.05, 3.63) is 176 Å². The Labute approximate surface area is 287 Å². The Morgan fingerprint density at radius 1 is 0.408 bits per heavy atom. The minimum absolute atomic E-state index is 1.14. The molecule has 2 heterocycles. The number of para-hydroxylation sites is 4. The fourth-order valence-corrected chi connectivity index (χ4v) is 8.75. The van der Waals surface area contributed by atoms with Crippen molar-refractivity contribution in [2.24, 2.45) is 0 Å². The Balaban J connectivity index is 1.26. The second-order valence-electron chi connectivity index (χ2n) is 13.6. The second-order valence-corrected chi connectivity index (χ2v) is 18.0. The van der Waals surface area contributed by atoms with Crippen molar-refractivity contribution in [1.82, 2.24) is 9.13 Å². The van der Waals surface area contributed by atoms with Crippen LogP contribution >= 0.6 is 0 Å². The molecule has 0 aliphatic heterocycles. The normalized spacial score (nSPS) is 12.0. The molecule has 0 saturated heterocycles. The van der Waals surface area contributed by atoms with Crippen molar-refractivity contribution < 1.29 is 0 Å². The van der Waals surface area contributed by atoms with Crippen molar-refractivity contribution in [2.45, 2.75) is 13.1 Å². The highest BCUT2D eigenvalue weighted by molar-refractivity contribution is 6.93. The summed E-state index contributed by atoms with van der Waals surface area (Å²) in [7, 11) is -1.60. The number of rotatable bonds is 6. The molecule has 0 atom stereocenters. The number of hydrogen-bond donors (Lipinski definition) is 0. The Morgan fingerprint density at radius 3 is 1.10 bits per heavy atom. The molecule has 0 fully saturated rings. The summed E-state index contributed by atoms with van der Waals surface area (Å²) in [5, 5.41) is 6.45. The van der Waals surface area contributed by atoms with E-state index in [4.69, 9.17) is 0 Å². The lowest BCUT2D eigenvalue weighted by Gasteiger charge is -2.18. The molecular weight excluding hydrogens is 609 g/mol. The van der Waals surface area contributed by atoms with Gasteiger partial charge in [0.1, 0.15) is 8.07 Å². The zero-order valence-electron chi connectivity index (χ0n) is 27.8. The van der Waals surface area contributed by atoms with Gasteiger partial charge in [0.2, 0.25) is 0 Å². The molecule has 0 unspecified atom stereocenters. The van der Waals surface area contributed by atoms with E-state index in [-0.39, 0.29) is 0 Å². The summed E-state index contributed by atoms with van der Waals surface area (Å²) in [6, 6.07) is 60.2. The van der Waals surface area contributed by atoms with Crippen molar-refractivity contribution in [2.75, 3.05) is 0 Å². The summed E-state index contributed by atoms with van der Waals surface area (Å²) in [5.41, 5.74) is 14.1. The molecule has 0 aliphatic rings. The van der Waals surface area contributed by atoms with Crippen molar-refractivity contribution in [3.8, 4) is 33.6 Å². The molecule has 0 radical (unpaired) electrons. The summed E-state index contributed by atoms with van der Waals surface area (Å²) in [6.45, 7) is 8.77. The monoisotopic (exact) mass is 644 g/mol. The summed E-state index contributed by atoms with van der Waals surface area (Å²) in [6.07, 6.45) is 0. The molecule has 3 heteroatoms.